The second-order valence-electron chi connectivity index (χ2n) is 7.87. The summed E-state index contributed by atoms with van der Waals surface area (Å²) < 4.78 is 6.60. The zero-order valence-corrected chi connectivity index (χ0v) is 17.8. The first-order chi connectivity index (χ1) is 12.8. The van der Waals surface area contributed by atoms with E-state index in [4.69, 9.17) is 4.74 Å². The van der Waals surface area contributed by atoms with Crippen LogP contribution in [0.1, 0.15) is 37.9 Å². The summed E-state index contributed by atoms with van der Waals surface area (Å²) in [6.07, 6.45) is -0.220. The molecule has 1 fully saturated rings. The molecule has 0 spiro atoms. The number of ether oxygens (including phenoxy) is 1. The second kappa shape index (κ2) is 8.44. The maximum atomic E-state index is 12.3. The lowest BCUT2D eigenvalue weighted by Gasteiger charge is -2.40. The number of hydrogen-bond acceptors (Lipinski definition) is 3. The van der Waals surface area contributed by atoms with Crippen LogP contribution in [0.5, 0.6) is 0 Å². The first-order valence-electron chi connectivity index (χ1n) is 9.36. The second-order valence-corrected chi connectivity index (χ2v) is 8.78. The lowest BCUT2D eigenvalue weighted by Crippen LogP contribution is -2.51. The van der Waals surface area contributed by atoms with Gasteiger partial charge in [-0.15, -0.1) is 0 Å². The van der Waals surface area contributed by atoms with Crippen LogP contribution in [0.4, 0.5) is 4.79 Å². The van der Waals surface area contributed by atoms with Crippen molar-refractivity contribution in [1.29, 1.82) is 0 Å². The third-order valence-corrected chi connectivity index (χ3v) is 5.16. The third-order valence-electron chi connectivity index (χ3n) is 4.63. The number of piperazine rings is 1. The van der Waals surface area contributed by atoms with Crippen LogP contribution in [-0.2, 0) is 4.74 Å². The predicted octanol–water partition coefficient (Wildman–Crippen LogP) is 5.09. The molecule has 0 radical (unpaired) electrons. The van der Waals surface area contributed by atoms with E-state index in [1.807, 2.05) is 31.7 Å². The molecular formula is C22H27BrN2O2. The van der Waals surface area contributed by atoms with Crippen LogP contribution in [0.3, 0.4) is 0 Å². The molecule has 2 aromatic rings. The van der Waals surface area contributed by atoms with Crippen molar-refractivity contribution in [3.63, 3.8) is 0 Å². The van der Waals surface area contributed by atoms with Crippen LogP contribution in [0.25, 0.3) is 0 Å². The SMILES string of the molecule is CC(C)(C)OC(=O)N1CCN(C(c2ccccc2)c2ccc(Br)cc2)CC1. The van der Waals surface area contributed by atoms with Crippen LogP contribution in [0.15, 0.2) is 59.1 Å². The molecule has 0 N–H and O–H groups in total. The van der Waals surface area contributed by atoms with E-state index in [0.717, 1.165) is 17.6 Å². The van der Waals surface area contributed by atoms with E-state index in [-0.39, 0.29) is 12.1 Å². The highest BCUT2D eigenvalue weighted by molar-refractivity contribution is 9.10. The van der Waals surface area contributed by atoms with Crippen molar-refractivity contribution in [3.05, 3.63) is 70.2 Å². The van der Waals surface area contributed by atoms with Crippen LogP contribution < -0.4 is 0 Å². The molecule has 1 saturated heterocycles. The molecule has 0 bridgehead atoms. The Bertz CT molecular complexity index is 748. The van der Waals surface area contributed by atoms with E-state index in [9.17, 15) is 4.79 Å². The molecule has 0 saturated carbocycles. The first kappa shape index (κ1) is 19.9. The molecular weight excluding hydrogens is 404 g/mol. The molecule has 1 unspecified atom stereocenters. The molecule has 3 rings (SSSR count). The minimum Gasteiger partial charge on any atom is -0.444 e. The number of nitrogens with zero attached hydrogens (tertiary/aromatic N) is 2. The van der Waals surface area contributed by atoms with Crippen LogP contribution in [0, 0.1) is 0 Å². The van der Waals surface area contributed by atoms with E-state index in [1.54, 1.807) is 0 Å². The maximum absolute atomic E-state index is 12.3. The average molecular weight is 431 g/mol. The average Bonchev–Trinajstić information content (AvgIpc) is 2.64. The van der Waals surface area contributed by atoms with Gasteiger partial charge in [0.05, 0.1) is 6.04 Å². The lowest BCUT2D eigenvalue weighted by molar-refractivity contribution is 0.0119. The van der Waals surface area contributed by atoms with Gasteiger partial charge in [-0.05, 0) is 44.0 Å². The molecule has 2 aromatic carbocycles. The number of halogens is 1. The van der Waals surface area contributed by atoms with Crippen molar-refractivity contribution in [2.75, 3.05) is 26.2 Å². The Morgan fingerprint density at radius 1 is 0.926 bits per heavy atom. The van der Waals surface area contributed by atoms with Gasteiger partial charge in [-0.2, -0.15) is 0 Å². The highest BCUT2D eigenvalue weighted by atomic mass is 79.9. The Morgan fingerprint density at radius 3 is 2.04 bits per heavy atom. The zero-order chi connectivity index (χ0) is 19.4. The molecule has 4 nitrogen and oxygen atoms in total. The van der Waals surface area contributed by atoms with Crippen molar-refractivity contribution in [3.8, 4) is 0 Å². The van der Waals surface area contributed by atoms with Crippen LogP contribution in [0.2, 0.25) is 0 Å². The van der Waals surface area contributed by atoms with Gasteiger partial charge in [-0.1, -0.05) is 58.4 Å². The molecule has 1 aliphatic rings. The normalized spacial score (nSPS) is 16.8. The van der Waals surface area contributed by atoms with Gasteiger partial charge in [0.15, 0.2) is 0 Å². The third kappa shape index (κ3) is 5.33. The fourth-order valence-electron chi connectivity index (χ4n) is 3.38. The molecule has 0 aromatic heterocycles. The Hall–Kier alpha value is -1.85. The smallest absolute Gasteiger partial charge is 0.410 e. The van der Waals surface area contributed by atoms with Crippen molar-refractivity contribution in [2.24, 2.45) is 0 Å². The van der Waals surface area contributed by atoms with Gasteiger partial charge >= 0.3 is 6.09 Å². The predicted molar refractivity (Wildman–Crippen MR) is 112 cm³/mol. The van der Waals surface area contributed by atoms with E-state index in [0.29, 0.717) is 13.1 Å². The van der Waals surface area contributed by atoms with Gasteiger partial charge in [-0.3, -0.25) is 4.90 Å². The van der Waals surface area contributed by atoms with Gasteiger partial charge in [0.1, 0.15) is 5.60 Å². The molecule has 1 amide bonds. The molecule has 0 aliphatic carbocycles. The van der Waals surface area contributed by atoms with Crippen molar-refractivity contribution < 1.29 is 9.53 Å². The van der Waals surface area contributed by atoms with E-state index in [2.05, 4.69) is 69.4 Å². The zero-order valence-electron chi connectivity index (χ0n) is 16.2. The highest BCUT2D eigenvalue weighted by Gasteiger charge is 2.30. The maximum Gasteiger partial charge on any atom is 0.410 e. The molecule has 1 heterocycles. The summed E-state index contributed by atoms with van der Waals surface area (Å²) in [6, 6.07) is 19.2. The summed E-state index contributed by atoms with van der Waals surface area (Å²) >= 11 is 3.52. The number of amides is 1. The summed E-state index contributed by atoms with van der Waals surface area (Å²) in [7, 11) is 0. The summed E-state index contributed by atoms with van der Waals surface area (Å²) in [6.45, 7) is 8.69. The minimum atomic E-state index is -0.460. The molecule has 1 atom stereocenters. The number of carbonyl (C=O) groups is 1. The van der Waals surface area contributed by atoms with Crippen molar-refractivity contribution in [2.45, 2.75) is 32.4 Å². The first-order valence-corrected chi connectivity index (χ1v) is 10.2. The number of carbonyl (C=O) groups excluding carboxylic acids is 1. The van der Waals surface area contributed by atoms with Crippen LogP contribution >= 0.6 is 15.9 Å². The van der Waals surface area contributed by atoms with E-state index in [1.165, 1.54) is 11.1 Å². The van der Waals surface area contributed by atoms with Gasteiger partial charge in [0, 0.05) is 30.7 Å². The number of benzene rings is 2. The number of hydrogen-bond donors (Lipinski definition) is 0. The standard InChI is InChI=1S/C22H27BrN2O2/c1-22(2,3)27-21(26)25-15-13-24(14-16-25)20(17-7-5-4-6-8-17)18-9-11-19(23)12-10-18/h4-12,20H,13-16H2,1-3H3. The fourth-order valence-corrected chi connectivity index (χ4v) is 3.65. The summed E-state index contributed by atoms with van der Waals surface area (Å²) in [4.78, 5) is 16.6. The Kier molecular flexibility index (Phi) is 6.22. The molecule has 27 heavy (non-hydrogen) atoms. The number of rotatable bonds is 3. The van der Waals surface area contributed by atoms with Crippen LogP contribution in [-0.4, -0.2) is 47.7 Å². The summed E-state index contributed by atoms with van der Waals surface area (Å²) in [5.41, 5.74) is 2.07. The minimum absolute atomic E-state index is 0.181. The summed E-state index contributed by atoms with van der Waals surface area (Å²) in [5, 5.41) is 0. The Balaban J connectivity index is 1.75. The van der Waals surface area contributed by atoms with Gasteiger partial charge < -0.3 is 9.64 Å². The topological polar surface area (TPSA) is 32.8 Å². The molecule has 1 aliphatic heterocycles. The Morgan fingerprint density at radius 2 is 1.48 bits per heavy atom. The quantitative estimate of drug-likeness (QED) is 0.679. The highest BCUT2D eigenvalue weighted by Crippen LogP contribution is 2.30. The Labute approximate surface area is 170 Å². The van der Waals surface area contributed by atoms with Crippen molar-refractivity contribution in [1.82, 2.24) is 9.80 Å². The largest absolute Gasteiger partial charge is 0.444 e. The van der Waals surface area contributed by atoms with Crippen molar-refractivity contribution >= 4 is 22.0 Å². The summed E-state index contributed by atoms with van der Waals surface area (Å²) in [5.74, 6) is 0. The fraction of sp³-hybridized carbons (Fsp3) is 0.409. The van der Waals surface area contributed by atoms with Gasteiger partial charge in [0.2, 0.25) is 0 Å². The van der Waals surface area contributed by atoms with E-state index >= 15 is 0 Å². The monoisotopic (exact) mass is 430 g/mol. The lowest BCUT2D eigenvalue weighted by atomic mass is 9.96. The van der Waals surface area contributed by atoms with E-state index < -0.39 is 5.60 Å². The molecule has 144 valence electrons. The van der Waals surface area contributed by atoms with Gasteiger partial charge in [-0.25, -0.2) is 4.79 Å². The van der Waals surface area contributed by atoms with Gasteiger partial charge in [0.25, 0.3) is 0 Å². The molecule has 5 heteroatoms.